The highest BCUT2D eigenvalue weighted by molar-refractivity contribution is 6.31. The summed E-state index contributed by atoms with van der Waals surface area (Å²) >= 11 is 6.18. The minimum Gasteiger partial charge on any atom is -0.497 e. The van der Waals surface area contributed by atoms with E-state index in [0.29, 0.717) is 60.2 Å². The zero-order valence-electron chi connectivity index (χ0n) is 18.4. The lowest BCUT2D eigenvalue weighted by molar-refractivity contribution is -0.129. The van der Waals surface area contributed by atoms with Crippen LogP contribution in [0.3, 0.4) is 0 Å². The standard InChI is InChI=1S/C25H26ClNO5/c1-16-12-23-19(14-20(16)26)21(28)15-25(32-23)8-10-27(11-9-25)24(29)7-5-17-4-6-18(30-2)13-22(17)31-3/h4-7,12-14H,8-11,15H2,1-3H3/b7-5+. The number of hydrogen-bond donors (Lipinski definition) is 0. The van der Waals surface area contributed by atoms with Crippen LogP contribution in [0.2, 0.25) is 5.02 Å². The molecule has 1 fully saturated rings. The highest BCUT2D eigenvalue weighted by Crippen LogP contribution is 2.41. The molecular formula is C25H26ClNO5. The molecule has 168 valence electrons. The Balaban J connectivity index is 1.42. The van der Waals surface area contributed by atoms with E-state index in [1.165, 1.54) is 0 Å². The fourth-order valence-corrected chi connectivity index (χ4v) is 4.41. The van der Waals surface area contributed by atoms with Crippen LogP contribution in [0.5, 0.6) is 17.2 Å². The number of ketones is 1. The maximum atomic E-state index is 12.8. The Morgan fingerprint density at radius 2 is 1.91 bits per heavy atom. The van der Waals surface area contributed by atoms with Gasteiger partial charge in [-0.3, -0.25) is 9.59 Å². The largest absolute Gasteiger partial charge is 0.497 e. The Morgan fingerprint density at radius 1 is 1.16 bits per heavy atom. The number of rotatable bonds is 4. The Kier molecular flexibility index (Phi) is 6.15. The fourth-order valence-electron chi connectivity index (χ4n) is 4.25. The van der Waals surface area contributed by atoms with E-state index in [9.17, 15) is 9.59 Å². The van der Waals surface area contributed by atoms with Gasteiger partial charge in [-0.15, -0.1) is 0 Å². The molecule has 2 heterocycles. The molecule has 2 aromatic carbocycles. The number of benzene rings is 2. The molecule has 0 aromatic heterocycles. The summed E-state index contributed by atoms with van der Waals surface area (Å²) < 4.78 is 16.9. The fraction of sp³-hybridized carbons (Fsp3) is 0.360. The first-order chi connectivity index (χ1) is 15.3. The summed E-state index contributed by atoms with van der Waals surface area (Å²) in [5, 5.41) is 0.567. The minimum atomic E-state index is -0.565. The molecule has 0 bridgehead atoms. The lowest BCUT2D eigenvalue weighted by Crippen LogP contribution is -2.52. The molecule has 1 amide bonds. The number of halogens is 1. The average molecular weight is 456 g/mol. The van der Waals surface area contributed by atoms with Gasteiger partial charge in [0.15, 0.2) is 5.78 Å². The lowest BCUT2D eigenvalue weighted by atomic mass is 9.82. The lowest BCUT2D eigenvalue weighted by Gasteiger charge is -2.43. The van der Waals surface area contributed by atoms with Crippen LogP contribution in [0.25, 0.3) is 6.08 Å². The van der Waals surface area contributed by atoms with Crippen LogP contribution < -0.4 is 14.2 Å². The van der Waals surface area contributed by atoms with Gasteiger partial charge < -0.3 is 19.1 Å². The van der Waals surface area contributed by atoms with Gasteiger partial charge in [0, 0.05) is 48.7 Å². The van der Waals surface area contributed by atoms with E-state index >= 15 is 0 Å². The molecule has 0 radical (unpaired) electrons. The normalized spacial score (nSPS) is 17.2. The Morgan fingerprint density at radius 3 is 2.59 bits per heavy atom. The molecular weight excluding hydrogens is 430 g/mol. The van der Waals surface area contributed by atoms with Crippen molar-refractivity contribution in [1.29, 1.82) is 0 Å². The molecule has 0 saturated carbocycles. The molecule has 0 atom stereocenters. The third-order valence-corrected chi connectivity index (χ3v) is 6.61. The first kappa shape index (κ1) is 22.2. The number of aryl methyl sites for hydroxylation is 1. The third-order valence-electron chi connectivity index (χ3n) is 6.20. The van der Waals surface area contributed by atoms with Crippen molar-refractivity contribution in [2.45, 2.75) is 31.8 Å². The summed E-state index contributed by atoms with van der Waals surface area (Å²) in [5.41, 5.74) is 1.65. The van der Waals surface area contributed by atoms with Crippen LogP contribution in [0.1, 0.15) is 40.7 Å². The van der Waals surface area contributed by atoms with Crippen LogP contribution in [-0.2, 0) is 4.79 Å². The Labute approximate surface area is 192 Å². The molecule has 2 aliphatic heterocycles. The number of nitrogens with zero attached hydrogens (tertiary/aromatic N) is 1. The quantitative estimate of drug-likeness (QED) is 0.625. The maximum Gasteiger partial charge on any atom is 0.246 e. The molecule has 2 aromatic rings. The Bertz CT molecular complexity index is 1090. The number of methoxy groups -OCH3 is 2. The van der Waals surface area contributed by atoms with Crippen molar-refractivity contribution in [1.82, 2.24) is 4.90 Å². The summed E-state index contributed by atoms with van der Waals surface area (Å²) in [7, 11) is 3.17. The number of amides is 1. The number of fused-ring (bicyclic) bond motifs is 1. The van der Waals surface area contributed by atoms with E-state index in [2.05, 4.69) is 0 Å². The second-order valence-electron chi connectivity index (χ2n) is 8.25. The van der Waals surface area contributed by atoms with Crippen molar-refractivity contribution in [3.8, 4) is 17.2 Å². The van der Waals surface area contributed by atoms with E-state index in [1.807, 2.05) is 25.1 Å². The van der Waals surface area contributed by atoms with E-state index < -0.39 is 5.60 Å². The van der Waals surface area contributed by atoms with Crippen LogP contribution >= 0.6 is 11.6 Å². The van der Waals surface area contributed by atoms with Crippen molar-refractivity contribution in [3.05, 3.63) is 58.1 Å². The van der Waals surface area contributed by atoms with E-state index in [-0.39, 0.29) is 11.7 Å². The van der Waals surface area contributed by atoms with E-state index in [1.54, 1.807) is 43.4 Å². The number of carbonyl (C=O) groups excluding carboxylic acids is 2. The molecule has 0 unspecified atom stereocenters. The smallest absolute Gasteiger partial charge is 0.246 e. The Hall–Kier alpha value is -2.99. The van der Waals surface area contributed by atoms with Gasteiger partial charge in [0.25, 0.3) is 0 Å². The van der Waals surface area contributed by atoms with Crippen molar-refractivity contribution < 1.29 is 23.8 Å². The maximum absolute atomic E-state index is 12.8. The molecule has 0 aliphatic carbocycles. The molecule has 1 saturated heterocycles. The van der Waals surface area contributed by atoms with Crippen LogP contribution in [0, 0.1) is 6.92 Å². The van der Waals surface area contributed by atoms with E-state index in [0.717, 1.165) is 11.1 Å². The number of likely N-dealkylation sites (tertiary alicyclic amines) is 1. The summed E-state index contributed by atoms with van der Waals surface area (Å²) in [5.74, 6) is 1.87. The first-order valence-corrected chi connectivity index (χ1v) is 10.9. The van der Waals surface area contributed by atoms with Crippen LogP contribution in [0.15, 0.2) is 36.4 Å². The van der Waals surface area contributed by atoms with Crippen LogP contribution in [-0.4, -0.2) is 49.5 Å². The second kappa shape index (κ2) is 8.87. The zero-order valence-corrected chi connectivity index (χ0v) is 19.2. The summed E-state index contributed by atoms with van der Waals surface area (Å²) in [6.07, 6.45) is 4.81. The van der Waals surface area contributed by atoms with Gasteiger partial charge in [-0.25, -0.2) is 0 Å². The topological polar surface area (TPSA) is 65.1 Å². The number of carbonyl (C=O) groups is 2. The molecule has 4 rings (SSSR count). The van der Waals surface area contributed by atoms with Crippen LogP contribution in [0.4, 0.5) is 0 Å². The van der Waals surface area contributed by atoms with Crippen molar-refractivity contribution in [2.24, 2.45) is 0 Å². The average Bonchev–Trinajstić information content (AvgIpc) is 2.79. The zero-order chi connectivity index (χ0) is 22.9. The third kappa shape index (κ3) is 4.32. The van der Waals surface area contributed by atoms with Gasteiger partial charge in [0.1, 0.15) is 22.8 Å². The highest BCUT2D eigenvalue weighted by Gasteiger charge is 2.43. The number of hydrogen-bond acceptors (Lipinski definition) is 5. The monoisotopic (exact) mass is 455 g/mol. The second-order valence-corrected chi connectivity index (χ2v) is 8.66. The molecule has 32 heavy (non-hydrogen) atoms. The molecule has 0 N–H and O–H groups in total. The predicted molar refractivity (Wildman–Crippen MR) is 123 cm³/mol. The molecule has 2 aliphatic rings. The van der Waals surface area contributed by atoms with Gasteiger partial charge in [0.05, 0.1) is 26.2 Å². The van der Waals surface area contributed by atoms with Crippen molar-refractivity contribution >= 4 is 29.4 Å². The minimum absolute atomic E-state index is 0.0411. The molecule has 6 nitrogen and oxygen atoms in total. The van der Waals surface area contributed by atoms with Crippen molar-refractivity contribution in [3.63, 3.8) is 0 Å². The van der Waals surface area contributed by atoms with Crippen molar-refractivity contribution in [2.75, 3.05) is 27.3 Å². The van der Waals surface area contributed by atoms with Gasteiger partial charge in [0.2, 0.25) is 5.91 Å². The molecule has 7 heteroatoms. The summed E-state index contributed by atoms with van der Waals surface area (Å²) in [6.45, 7) is 2.94. The van der Waals surface area contributed by atoms with Gasteiger partial charge in [-0.1, -0.05) is 11.6 Å². The van der Waals surface area contributed by atoms with Gasteiger partial charge >= 0.3 is 0 Å². The number of piperidine rings is 1. The summed E-state index contributed by atoms with van der Waals surface area (Å²) in [6, 6.07) is 8.97. The van der Waals surface area contributed by atoms with Gasteiger partial charge in [-0.05, 0) is 42.8 Å². The first-order valence-electron chi connectivity index (χ1n) is 10.6. The molecule has 1 spiro atoms. The SMILES string of the molecule is COc1ccc(/C=C/C(=O)N2CCC3(CC2)CC(=O)c2cc(Cl)c(C)cc2O3)c(OC)c1. The van der Waals surface area contributed by atoms with Gasteiger partial charge in [-0.2, -0.15) is 0 Å². The highest BCUT2D eigenvalue weighted by atomic mass is 35.5. The van der Waals surface area contributed by atoms with E-state index in [4.69, 9.17) is 25.8 Å². The summed E-state index contributed by atoms with van der Waals surface area (Å²) in [4.78, 5) is 27.3. The number of ether oxygens (including phenoxy) is 3. The predicted octanol–water partition coefficient (Wildman–Crippen LogP) is 4.71. The number of Topliss-reactive ketones (excluding diaryl/α,β-unsaturated/α-hetero) is 1.